The molecule has 4 rings (SSSR count). The topological polar surface area (TPSA) is 82.3 Å². The Morgan fingerprint density at radius 2 is 2.04 bits per heavy atom. The summed E-state index contributed by atoms with van der Waals surface area (Å²) in [6.45, 7) is 0. The van der Waals surface area contributed by atoms with Crippen LogP contribution >= 0.6 is 0 Å². The normalized spacial score (nSPS) is 13.0. The first kappa shape index (κ1) is 13.6. The molecule has 0 saturated heterocycles. The first-order valence-electron chi connectivity index (χ1n) is 7.29. The molecule has 2 aromatic heterocycles. The zero-order chi connectivity index (χ0) is 15.8. The lowest BCUT2D eigenvalue weighted by atomic mass is 10.1. The summed E-state index contributed by atoms with van der Waals surface area (Å²) in [6.07, 6.45) is 6.81. The zero-order valence-corrected chi connectivity index (χ0v) is 12.1. The molecule has 6 nitrogen and oxygen atoms in total. The van der Waals surface area contributed by atoms with Crippen LogP contribution < -0.4 is 10.4 Å². The largest absolute Gasteiger partial charge is 0.422 e. The van der Waals surface area contributed by atoms with Crippen LogP contribution in [0.4, 0.5) is 0 Å². The molecule has 0 amide bonds. The quantitative estimate of drug-likeness (QED) is 0.410. The highest BCUT2D eigenvalue weighted by Crippen LogP contribution is 2.29. The number of hydrogen-bond donors (Lipinski definition) is 0. The van der Waals surface area contributed by atoms with Crippen molar-refractivity contribution < 1.29 is 13.9 Å². The second-order valence-electron chi connectivity index (χ2n) is 5.34. The van der Waals surface area contributed by atoms with E-state index in [-0.39, 0.29) is 11.3 Å². The molecule has 0 saturated carbocycles. The number of nitrogens with zero attached hydrogens (tertiary/aromatic N) is 2. The first-order chi connectivity index (χ1) is 11.2. The summed E-state index contributed by atoms with van der Waals surface area (Å²) < 4.78 is 10.6. The Morgan fingerprint density at radius 3 is 2.87 bits per heavy atom. The van der Waals surface area contributed by atoms with Crippen LogP contribution in [0, 0.1) is 0 Å². The van der Waals surface area contributed by atoms with Gasteiger partial charge >= 0.3 is 11.6 Å². The van der Waals surface area contributed by atoms with E-state index in [4.69, 9.17) is 9.15 Å². The van der Waals surface area contributed by atoms with Crippen molar-refractivity contribution in [2.24, 2.45) is 0 Å². The average molecular weight is 308 g/mol. The van der Waals surface area contributed by atoms with E-state index < -0.39 is 5.97 Å². The van der Waals surface area contributed by atoms with Gasteiger partial charge in [-0.15, -0.1) is 0 Å². The molecule has 0 atom stereocenters. The van der Waals surface area contributed by atoms with Gasteiger partial charge in [0.25, 0.3) is 0 Å². The number of aryl methyl sites for hydroxylation is 1. The second-order valence-corrected chi connectivity index (χ2v) is 5.34. The van der Waals surface area contributed by atoms with E-state index in [1.807, 2.05) is 6.07 Å². The Labute approximate surface area is 130 Å². The van der Waals surface area contributed by atoms with E-state index in [1.165, 1.54) is 18.6 Å². The van der Waals surface area contributed by atoms with Crippen molar-refractivity contribution >= 4 is 16.9 Å². The maximum Gasteiger partial charge on any atom is 0.363 e. The van der Waals surface area contributed by atoms with Gasteiger partial charge in [0.2, 0.25) is 0 Å². The summed E-state index contributed by atoms with van der Waals surface area (Å²) in [5.41, 5.74) is 2.05. The molecule has 1 aliphatic rings. The molecule has 23 heavy (non-hydrogen) atoms. The van der Waals surface area contributed by atoms with Crippen molar-refractivity contribution in [2.45, 2.75) is 19.3 Å². The molecule has 0 bridgehead atoms. The molecule has 0 spiro atoms. The summed E-state index contributed by atoms with van der Waals surface area (Å²) in [7, 11) is 0. The smallest absolute Gasteiger partial charge is 0.363 e. The summed E-state index contributed by atoms with van der Waals surface area (Å²) in [4.78, 5) is 31.7. The van der Waals surface area contributed by atoms with Gasteiger partial charge in [0.1, 0.15) is 11.3 Å². The fourth-order valence-electron chi connectivity index (χ4n) is 2.89. The van der Waals surface area contributed by atoms with Crippen molar-refractivity contribution in [1.29, 1.82) is 0 Å². The van der Waals surface area contributed by atoms with Gasteiger partial charge in [-0.05, 0) is 37.0 Å². The summed E-state index contributed by atoms with van der Waals surface area (Å²) >= 11 is 0. The Hall–Kier alpha value is -3.02. The fraction of sp³-hybridized carbons (Fsp3) is 0.176. The van der Waals surface area contributed by atoms with Gasteiger partial charge in [0.15, 0.2) is 5.69 Å². The number of benzene rings is 1. The van der Waals surface area contributed by atoms with Crippen molar-refractivity contribution in [3.63, 3.8) is 0 Å². The van der Waals surface area contributed by atoms with E-state index in [0.717, 1.165) is 35.8 Å². The Kier molecular flexibility index (Phi) is 3.15. The number of aromatic nitrogens is 2. The minimum absolute atomic E-state index is 0.114. The SMILES string of the molecule is O=C(Oc1ccc2c3c(c(=O)oc2c1)CCC3)c1cnccn1. The third-order valence-corrected chi connectivity index (χ3v) is 3.93. The number of carbonyl (C=O) groups excluding carboxylic acids is 1. The van der Waals surface area contributed by atoms with Gasteiger partial charge in [0.05, 0.1) is 6.20 Å². The van der Waals surface area contributed by atoms with Crippen LogP contribution in [0.5, 0.6) is 5.75 Å². The lowest BCUT2D eigenvalue weighted by molar-refractivity contribution is 0.0728. The van der Waals surface area contributed by atoms with Gasteiger partial charge < -0.3 is 9.15 Å². The van der Waals surface area contributed by atoms with Crippen LogP contribution in [0.1, 0.15) is 28.0 Å². The van der Waals surface area contributed by atoms with E-state index in [2.05, 4.69) is 9.97 Å². The summed E-state index contributed by atoms with van der Waals surface area (Å²) in [5.74, 6) is -0.310. The van der Waals surface area contributed by atoms with E-state index in [9.17, 15) is 9.59 Å². The molecule has 0 N–H and O–H groups in total. The highest BCUT2D eigenvalue weighted by atomic mass is 16.5. The van der Waals surface area contributed by atoms with Gasteiger partial charge in [-0.2, -0.15) is 0 Å². The minimum Gasteiger partial charge on any atom is -0.422 e. The van der Waals surface area contributed by atoms with Gasteiger partial charge in [0, 0.05) is 29.4 Å². The molecule has 1 aromatic carbocycles. The predicted molar refractivity (Wildman–Crippen MR) is 81.5 cm³/mol. The third kappa shape index (κ3) is 2.38. The van der Waals surface area contributed by atoms with Crippen LogP contribution in [0.25, 0.3) is 11.0 Å². The van der Waals surface area contributed by atoms with Crippen LogP contribution in [0.15, 0.2) is 46.0 Å². The van der Waals surface area contributed by atoms with Crippen LogP contribution in [-0.2, 0) is 12.8 Å². The van der Waals surface area contributed by atoms with Crippen molar-refractivity contribution in [3.8, 4) is 5.75 Å². The molecule has 3 aromatic rings. The number of esters is 1. The molecular formula is C17H12N2O4. The van der Waals surface area contributed by atoms with E-state index in [0.29, 0.717) is 11.3 Å². The Bertz CT molecular complexity index is 963. The van der Waals surface area contributed by atoms with Crippen LogP contribution in [-0.4, -0.2) is 15.9 Å². The number of carbonyl (C=O) groups is 1. The summed E-state index contributed by atoms with van der Waals surface area (Å²) in [6, 6.07) is 5.07. The zero-order valence-electron chi connectivity index (χ0n) is 12.1. The van der Waals surface area contributed by atoms with E-state index in [1.54, 1.807) is 12.1 Å². The summed E-state index contributed by atoms with van der Waals surface area (Å²) in [5, 5.41) is 0.899. The Balaban J connectivity index is 1.71. The molecule has 0 unspecified atom stereocenters. The first-order valence-corrected chi connectivity index (χ1v) is 7.29. The van der Waals surface area contributed by atoms with Crippen molar-refractivity contribution in [2.75, 3.05) is 0 Å². The molecule has 1 aliphatic carbocycles. The van der Waals surface area contributed by atoms with Crippen LogP contribution in [0.3, 0.4) is 0 Å². The van der Waals surface area contributed by atoms with Crippen molar-refractivity contribution in [1.82, 2.24) is 9.97 Å². The Morgan fingerprint density at radius 1 is 1.17 bits per heavy atom. The van der Waals surface area contributed by atoms with Gasteiger partial charge in [-0.25, -0.2) is 14.6 Å². The lowest BCUT2D eigenvalue weighted by Gasteiger charge is -2.07. The lowest BCUT2D eigenvalue weighted by Crippen LogP contribution is -2.11. The molecule has 0 radical (unpaired) electrons. The second kappa shape index (κ2) is 5.31. The monoisotopic (exact) mass is 308 g/mol. The fourth-order valence-corrected chi connectivity index (χ4v) is 2.89. The number of rotatable bonds is 2. The third-order valence-electron chi connectivity index (χ3n) is 3.93. The molecule has 0 aliphatic heterocycles. The molecule has 6 heteroatoms. The van der Waals surface area contributed by atoms with Crippen molar-refractivity contribution in [3.05, 3.63) is 64.0 Å². The number of hydrogen-bond acceptors (Lipinski definition) is 6. The molecule has 0 fully saturated rings. The van der Waals surface area contributed by atoms with Gasteiger partial charge in [-0.3, -0.25) is 4.98 Å². The molecule has 2 heterocycles. The highest BCUT2D eigenvalue weighted by molar-refractivity contribution is 5.90. The molecule has 114 valence electrons. The van der Waals surface area contributed by atoms with Gasteiger partial charge in [-0.1, -0.05) is 0 Å². The average Bonchev–Trinajstić information content (AvgIpc) is 3.06. The predicted octanol–water partition coefficient (Wildman–Crippen LogP) is 2.29. The van der Waals surface area contributed by atoms with Crippen LogP contribution in [0.2, 0.25) is 0 Å². The number of ether oxygens (including phenoxy) is 1. The van der Waals surface area contributed by atoms with E-state index >= 15 is 0 Å². The maximum absolute atomic E-state index is 12.0. The maximum atomic E-state index is 12.0. The minimum atomic E-state index is -0.610. The highest BCUT2D eigenvalue weighted by Gasteiger charge is 2.20. The number of fused-ring (bicyclic) bond motifs is 3. The molecular weight excluding hydrogens is 296 g/mol. The standard InChI is InChI=1S/C17H12N2O4/c20-16-13-3-1-2-11(13)12-5-4-10(8-15(12)23-16)22-17(21)14-9-18-6-7-19-14/h4-9H,1-3H2.